The number of hydrazine groups is 1. The largest absolute Gasteiger partial charge is 0.497 e. The highest BCUT2D eigenvalue weighted by Crippen LogP contribution is 2.32. The first-order valence-electron chi connectivity index (χ1n) is 9.64. The van der Waals surface area contributed by atoms with Gasteiger partial charge >= 0.3 is 0 Å². The van der Waals surface area contributed by atoms with Gasteiger partial charge in [0.2, 0.25) is 22.7 Å². The number of nitrogens with two attached hydrogens (primary N) is 1. The summed E-state index contributed by atoms with van der Waals surface area (Å²) < 4.78 is 43.0. The molecule has 3 amide bonds. The van der Waals surface area contributed by atoms with Crippen molar-refractivity contribution in [3.8, 4) is 17.2 Å². The molecule has 2 aromatic rings. The van der Waals surface area contributed by atoms with Gasteiger partial charge in [0.05, 0.1) is 12.0 Å². The molecule has 176 valence electrons. The second-order valence-corrected chi connectivity index (χ2v) is 8.58. The fourth-order valence-electron chi connectivity index (χ4n) is 2.86. The second-order valence-electron chi connectivity index (χ2n) is 6.87. The van der Waals surface area contributed by atoms with Gasteiger partial charge in [-0.1, -0.05) is 0 Å². The first kappa shape index (κ1) is 23.8. The molecule has 12 nitrogen and oxygen atoms in total. The molecule has 33 heavy (non-hydrogen) atoms. The van der Waals surface area contributed by atoms with E-state index in [1.165, 1.54) is 49.6 Å². The van der Waals surface area contributed by atoms with E-state index in [2.05, 4.69) is 15.6 Å². The third kappa shape index (κ3) is 6.11. The fourth-order valence-corrected chi connectivity index (χ4v) is 4.09. The van der Waals surface area contributed by atoms with Gasteiger partial charge in [-0.15, -0.1) is 0 Å². The van der Waals surface area contributed by atoms with Crippen molar-refractivity contribution in [2.45, 2.75) is 23.8 Å². The van der Waals surface area contributed by atoms with Gasteiger partial charge in [0, 0.05) is 12.0 Å². The van der Waals surface area contributed by atoms with Gasteiger partial charge in [-0.25, -0.2) is 8.42 Å². The van der Waals surface area contributed by atoms with Crippen LogP contribution in [0.5, 0.6) is 17.2 Å². The number of rotatable bonds is 9. The standard InChI is InChI=1S/C20H22N4O8S/c1-30-13-3-5-14(6-4-13)33(28,29)24-15(7-9-18(21)25)20(27)23-22-19(26)12-2-8-16-17(10-12)32-11-31-16/h2-6,8,10,15,24H,7,9,11H2,1H3,(H2,21,25)(H,22,26)(H,23,27)/t15-/m1/s1. The Hall–Kier alpha value is -3.84. The van der Waals surface area contributed by atoms with Gasteiger partial charge in [-0.05, 0) is 48.9 Å². The van der Waals surface area contributed by atoms with Crippen LogP contribution in [0.1, 0.15) is 23.2 Å². The molecule has 5 N–H and O–H groups in total. The Kier molecular flexibility index (Phi) is 7.35. The number of nitrogens with one attached hydrogen (secondary N) is 3. The zero-order valence-electron chi connectivity index (χ0n) is 17.5. The SMILES string of the molecule is COc1ccc(S(=O)(=O)N[C@H](CCC(N)=O)C(=O)NNC(=O)c2ccc3c(c2)OCO3)cc1. The van der Waals surface area contributed by atoms with Crippen molar-refractivity contribution in [2.75, 3.05) is 13.9 Å². The van der Waals surface area contributed by atoms with Crippen LogP contribution in [0.4, 0.5) is 0 Å². The van der Waals surface area contributed by atoms with E-state index in [-0.39, 0.29) is 30.1 Å². The van der Waals surface area contributed by atoms with E-state index in [9.17, 15) is 22.8 Å². The Morgan fingerprint density at radius 3 is 2.42 bits per heavy atom. The molecule has 0 fully saturated rings. The third-order valence-electron chi connectivity index (χ3n) is 4.60. The number of ether oxygens (including phenoxy) is 3. The summed E-state index contributed by atoms with van der Waals surface area (Å²) in [5.74, 6) is -0.976. The minimum Gasteiger partial charge on any atom is -0.497 e. The number of hydrogen-bond acceptors (Lipinski definition) is 8. The fraction of sp³-hybridized carbons (Fsp3) is 0.250. The van der Waals surface area contributed by atoms with Crippen LogP contribution in [0.25, 0.3) is 0 Å². The smallest absolute Gasteiger partial charge is 0.269 e. The molecule has 0 aliphatic carbocycles. The first-order valence-corrected chi connectivity index (χ1v) is 11.1. The van der Waals surface area contributed by atoms with Crippen molar-refractivity contribution in [3.63, 3.8) is 0 Å². The summed E-state index contributed by atoms with van der Waals surface area (Å²) in [4.78, 5) is 36.0. The van der Waals surface area contributed by atoms with Crippen molar-refractivity contribution >= 4 is 27.7 Å². The van der Waals surface area contributed by atoms with Crippen LogP contribution >= 0.6 is 0 Å². The number of carbonyl (C=O) groups excluding carboxylic acids is 3. The molecule has 2 aromatic carbocycles. The normalized spacial score (nSPS) is 13.1. The van der Waals surface area contributed by atoms with E-state index in [1.54, 1.807) is 0 Å². The first-order chi connectivity index (χ1) is 15.7. The van der Waals surface area contributed by atoms with Gasteiger partial charge in [-0.3, -0.25) is 25.2 Å². The minimum absolute atomic E-state index is 0.0347. The molecule has 0 aromatic heterocycles. The van der Waals surface area contributed by atoms with Crippen LogP contribution in [-0.4, -0.2) is 46.1 Å². The number of amides is 3. The topological polar surface area (TPSA) is 175 Å². The summed E-state index contributed by atoms with van der Waals surface area (Å²) in [6, 6.07) is 8.53. The molecule has 1 heterocycles. The zero-order chi connectivity index (χ0) is 24.0. The van der Waals surface area contributed by atoms with Crippen LogP contribution in [-0.2, 0) is 19.6 Å². The Morgan fingerprint density at radius 2 is 1.76 bits per heavy atom. The number of sulfonamides is 1. The molecule has 0 radical (unpaired) electrons. The highest BCUT2D eigenvalue weighted by Gasteiger charge is 2.27. The van der Waals surface area contributed by atoms with Gasteiger partial charge < -0.3 is 19.9 Å². The van der Waals surface area contributed by atoms with Crippen LogP contribution < -0.4 is 35.5 Å². The van der Waals surface area contributed by atoms with E-state index in [4.69, 9.17) is 19.9 Å². The second kappa shape index (κ2) is 10.2. The molecule has 0 saturated carbocycles. The van der Waals surface area contributed by atoms with Crippen LogP contribution in [0.15, 0.2) is 47.4 Å². The molecule has 1 atom stereocenters. The Balaban J connectivity index is 1.67. The number of hydrogen-bond donors (Lipinski definition) is 4. The Bertz CT molecular complexity index is 1150. The maximum atomic E-state index is 12.7. The van der Waals surface area contributed by atoms with E-state index in [0.29, 0.717) is 17.2 Å². The maximum Gasteiger partial charge on any atom is 0.269 e. The highest BCUT2D eigenvalue weighted by atomic mass is 32.2. The van der Waals surface area contributed by atoms with Gasteiger partial charge in [0.1, 0.15) is 11.8 Å². The lowest BCUT2D eigenvalue weighted by atomic mass is 10.1. The van der Waals surface area contributed by atoms with Crippen molar-refractivity contribution in [3.05, 3.63) is 48.0 Å². The molecular weight excluding hydrogens is 456 g/mol. The van der Waals surface area contributed by atoms with E-state index in [1.807, 2.05) is 0 Å². The average Bonchev–Trinajstić information content (AvgIpc) is 3.27. The molecule has 3 rings (SSSR count). The van der Waals surface area contributed by atoms with Crippen molar-refractivity contribution in [2.24, 2.45) is 5.73 Å². The zero-order valence-corrected chi connectivity index (χ0v) is 18.3. The number of carbonyl (C=O) groups is 3. The number of fused-ring (bicyclic) bond motifs is 1. The lowest BCUT2D eigenvalue weighted by molar-refractivity contribution is -0.124. The lowest BCUT2D eigenvalue weighted by Gasteiger charge is -2.18. The predicted octanol–water partition coefficient (Wildman–Crippen LogP) is -0.202. The van der Waals surface area contributed by atoms with E-state index in [0.717, 1.165) is 0 Å². The number of benzene rings is 2. The summed E-state index contributed by atoms with van der Waals surface area (Å²) in [6.07, 6.45) is -0.490. The molecule has 0 spiro atoms. The van der Waals surface area contributed by atoms with Crippen LogP contribution in [0.3, 0.4) is 0 Å². The van der Waals surface area contributed by atoms with Crippen molar-refractivity contribution < 1.29 is 37.0 Å². The molecule has 1 aliphatic heterocycles. The maximum absolute atomic E-state index is 12.7. The van der Waals surface area contributed by atoms with E-state index >= 15 is 0 Å². The quantitative estimate of drug-likeness (QED) is 0.358. The Labute approximate surface area is 189 Å². The predicted molar refractivity (Wildman–Crippen MR) is 114 cm³/mol. The highest BCUT2D eigenvalue weighted by molar-refractivity contribution is 7.89. The number of methoxy groups -OCH3 is 1. The lowest BCUT2D eigenvalue weighted by Crippen LogP contribution is -2.52. The van der Waals surface area contributed by atoms with Crippen molar-refractivity contribution in [1.82, 2.24) is 15.6 Å². The van der Waals surface area contributed by atoms with Gasteiger partial charge in [-0.2, -0.15) is 4.72 Å². The van der Waals surface area contributed by atoms with E-state index < -0.39 is 33.8 Å². The summed E-state index contributed by atoms with van der Waals surface area (Å²) in [6.45, 7) is 0.0347. The average molecular weight is 478 g/mol. The monoisotopic (exact) mass is 478 g/mol. The van der Waals surface area contributed by atoms with Gasteiger partial charge in [0.25, 0.3) is 11.8 Å². The minimum atomic E-state index is -4.14. The molecule has 0 saturated heterocycles. The van der Waals surface area contributed by atoms with Crippen molar-refractivity contribution in [1.29, 1.82) is 0 Å². The summed E-state index contributed by atoms with van der Waals surface area (Å²) in [5, 5.41) is 0. The van der Waals surface area contributed by atoms with Crippen LogP contribution in [0, 0.1) is 0 Å². The molecule has 0 unspecified atom stereocenters. The number of primary amides is 1. The molecule has 13 heteroatoms. The summed E-state index contributed by atoms with van der Waals surface area (Å²) in [7, 11) is -2.70. The summed E-state index contributed by atoms with van der Waals surface area (Å²) in [5.41, 5.74) is 9.66. The molecule has 0 bridgehead atoms. The molecular formula is C20H22N4O8S. The third-order valence-corrected chi connectivity index (χ3v) is 6.08. The summed E-state index contributed by atoms with van der Waals surface area (Å²) >= 11 is 0. The Morgan fingerprint density at radius 1 is 1.06 bits per heavy atom. The molecule has 1 aliphatic rings. The van der Waals surface area contributed by atoms with Crippen LogP contribution in [0.2, 0.25) is 0 Å². The van der Waals surface area contributed by atoms with Gasteiger partial charge in [0.15, 0.2) is 11.5 Å².